The van der Waals surface area contributed by atoms with Crippen LogP contribution in [0.15, 0.2) is 24.3 Å². The fraction of sp³-hybridized carbons (Fsp3) is 0.471. The van der Waals surface area contributed by atoms with E-state index in [0.717, 1.165) is 11.3 Å². The molecule has 1 heterocycles. The number of carbonyl (C=O) groups is 3. The van der Waals surface area contributed by atoms with Crippen molar-refractivity contribution in [2.45, 2.75) is 26.7 Å². The van der Waals surface area contributed by atoms with Crippen molar-refractivity contribution in [1.29, 1.82) is 0 Å². The van der Waals surface area contributed by atoms with Crippen molar-refractivity contribution in [2.75, 3.05) is 31.5 Å². The van der Waals surface area contributed by atoms with Crippen molar-refractivity contribution in [3.05, 3.63) is 29.8 Å². The topological polar surface area (TPSA) is 69.7 Å². The standard InChI is InChI=1S/C17H23N3O3/c1-13-3-5-15(6-4-13)18-16(22)7-8-17(23)20-11-9-19(10-12-20)14(2)21/h3-6H,7-12H2,1-2H3,(H,18,22). The second-order valence-corrected chi connectivity index (χ2v) is 5.80. The summed E-state index contributed by atoms with van der Waals surface area (Å²) in [4.78, 5) is 38.7. The number of nitrogens with one attached hydrogen (secondary N) is 1. The monoisotopic (exact) mass is 317 g/mol. The number of aryl methyl sites for hydroxylation is 1. The van der Waals surface area contributed by atoms with E-state index in [0.29, 0.717) is 26.2 Å². The molecule has 1 N–H and O–H groups in total. The summed E-state index contributed by atoms with van der Waals surface area (Å²) in [6.07, 6.45) is 0.359. The molecule has 0 atom stereocenters. The molecule has 6 heteroatoms. The lowest BCUT2D eigenvalue weighted by Gasteiger charge is -2.34. The van der Waals surface area contributed by atoms with Crippen molar-refractivity contribution in [1.82, 2.24) is 9.80 Å². The minimum Gasteiger partial charge on any atom is -0.339 e. The van der Waals surface area contributed by atoms with Crippen LogP contribution in [-0.2, 0) is 14.4 Å². The summed E-state index contributed by atoms with van der Waals surface area (Å²) in [6.45, 7) is 5.73. The molecule has 0 bridgehead atoms. The van der Waals surface area contributed by atoms with E-state index < -0.39 is 0 Å². The van der Waals surface area contributed by atoms with Crippen LogP contribution >= 0.6 is 0 Å². The van der Waals surface area contributed by atoms with Crippen LogP contribution in [0.25, 0.3) is 0 Å². The Balaban J connectivity index is 1.73. The first kappa shape index (κ1) is 17.0. The smallest absolute Gasteiger partial charge is 0.224 e. The van der Waals surface area contributed by atoms with Crippen LogP contribution in [0.1, 0.15) is 25.3 Å². The quantitative estimate of drug-likeness (QED) is 0.913. The molecule has 1 aromatic carbocycles. The van der Waals surface area contributed by atoms with E-state index in [9.17, 15) is 14.4 Å². The van der Waals surface area contributed by atoms with E-state index >= 15 is 0 Å². The van der Waals surface area contributed by atoms with Crippen LogP contribution in [0.3, 0.4) is 0 Å². The number of nitrogens with zero attached hydrogens (tertiary/aromatic N) is 2. The lowest BCUT2D eigenvalue weighted by molar-refractivity contribution is -0.138. The highest BCUT2D eigenvalue weighted by Crippen LogP contribution is 2.10. The zero-order chi connectivity index (χ0) is 16.8. The van der Waals surface area contributed by atoms with E-state index in [1.54, 1.807) is 9.80 Å². The predicted octanol–water partition coefficient (Wildman–Crippen LogP) is 1.40. The van der Waals surface area contributed by atoms with Crippen LogP contribution in [0.2, 0.25) is 0 Å². The van der Waals surface area contributed by atoms with Gasteiger partial charge in [0, 0.05) is 51.6 Å². The molecule has 1 saturated heterocycles. The third kappa shape index (κ3) is 5.09. The van der Waals surface area contributed by atoms with Gasteiger partial charge in [0.2, 0.25) is 17.7 Å². The van der Waals surface area contributed by atoms with E-state index in [1.807, 2.05) is 31.2 Å². The van der Waals surface area contributed by atoms with E-state index in [2.05, 4.69) is 5.32 Å². The molecule has 1 aromatic rings. The number of carbonyl (C=O) groups excluding carboxylic acids is 3. The van der Waals surface area contributed by atoms with Crippen molar-refractivity contribution >= 4 is 23.4 Å². The number of hydrogen-bond acceptors (Lipinski definition) is 3. The van der Waals surface area contributed by atoms with Gasteiger partial charge in [-0.25, -0.2) is 0 Å². The maximum Gasteiger partial charge on any atom is 0.224 e. The molecule has 1 fully saturated rings. The van der Waals surface area contributed by atoms with Crippen molar-refractivity contribution < 1.29 is 14.4 Å². The Morgan fingerprint density at radius 3 is 2.09 bits per heavy atom. The van der Waals surface area contributed by atoms with Gasteiger partial charge in [0.15, 0.2) is 0 Å². The third-order valence-corrected chi connectivity index (χ3v) is 3.98. The van der Waals surface area contributed by atoms with Gasteiger partial charge in [-0.15, -0.1) is 0 Å². The molecular weight excluding hydrogens is 294 g/mol. The largest absolute Gasteiger partial charge is 0.339 e. The number of piperazine rings is 1. The molecule has 0 aliphatic carbocycles. The molecule has 1 aliphatic heterocycles. The van der Waals surface area contributed by atoms with Crippen molar-refractivity contribution in [3.63, 3.8) is 0 Å². The molecule has 0 spiro atoms. The lowest BCUT2D eigenvalue weighted by atomic mass is 10.2. The molecule has 0 saturated carbocycles. The van der Waals surface area contributed by atoms with Gasteiger partial charge in [-0.05, 0) is 19.1 Å². The maximum atomic E-state index is 12.1. The zero-order valence-electron chi connectivity index (χ0n) is 13.7. The fourth-order valence-corrected chi connectivity index (χ4v) is 2.51. The molecule has 23 heavy (non-hydrogen) atoms. The van der Waals surface area contributed by atoms with Gasteiger partial charge in [-0.3, -0.25) is 14.4 Å². The Morgan fingerprint density at radius 2 is 1.52 bits per heavy atom. The van der Waals surface area contributed by atoms with Gasteiger partial charge in [0.05, 0.1) is 0 Å². The average Bonchev–Trinajstić information content (AvgIpc) is 2.55. The highest BCUT2D eigenvalue weighted by atomic mass is 16.2. The van der Waals surface area contributed by atoms with Gasteiger partial charge >= 0.3 is 0 Å². The normalized spacial score (nSPS) is 14.5. The van der Waals surface area contributed by atoms with Crippen LogP contribution in [0.5, 0.6) is 0 Å². The van der Waals surface area contributed by atoms with E-state index in [-0.39, 0.29) is 30.6 Å². The minimum atomic E-state index is -0.162. The van der Waals surface area contributed by atoms with Crippen LogP contribution in [0, 0.1) is 6.92 Å². The van der Waals surface area contributed by atoms with Gasteiger partial charge in [0.1, 0.15) is 0 Å². The second-order valence-electron chi connectivity index (χ2n) is 5.80. The Morgan fingerprint density at radius 1 is 0.957 bits per heavy atom. The average molecular weight is 317 g/mol. The fourth-order valence-electron chi connectivity index (χ4n) is 2.51. The Bertz CT molecular complexity index is 575. The summed E-state index contributed by atoms with van der Waals surface area (Å²) in [7, 11) is 0. The summed E-state index contributed by atoms with van der Waals surface area (Å²) < 4.78 is 0. The number of rotatable bonds is 4. The van der Waals surface area contributed by atoms with Gasteiger partial charge in [-0.1, -0.05) is 17.7 Å². The molecule has 3 amide bonds. The molecule has 124 valence electrons. The molecular formula is C17H23N3O3. The molecule has 0 aromatic heterocycles. The highest BCUT2D eigenvalue weighted by molar-refractivity contribution is 5.93. The van der Waals surface area contributed by atoms with Crippen molar-refractivity contribution in [3.8, 4) is 0 Å². The number of amides is 3. The second kappa shape index (κ2) is 7.76. The lowest BCUT2D eigenvalue weighted by Crippen LogP contribution is -2.50. The first-order valence-electron chi connectivity index (χ1n) is 7.85. The number of benzene rings is 1. The summed E-state index contributed by atoms with van der Waals surface area (Å²) in [5, 5.41) is 2.79. The summed E-state index contributed by atoms with van der Waals surface area (Å²) in [6, 6.07) is 7.54. The van der Waals surface area contributed by atoms with Crippen LogP contribution in [0.4, 0.5) is 5.69 Å². The first-order chi connectivity index (χ1) is 11.0. The summed E-state index contributed by atoms with van der Waals surface area (Å²) in [5.41, 5.74) is 1.87. The minimum absolute atomic E-state index is 0.0349. The molecule has 2 rings (SSSR count). The van der Waals surface area contributed by atoms with Gasteiger partial charge in [-0.2, -0.15) is 0 Å². The van der Waals surface area contributed by atoms with E-state index in [1.165, 1.54) is 6.92 Å². The number of hydrogen-bond donors (Lipinski definition) is 1. The van der Waals surface area contributed by atoms with E-state index in [4.69, 9.17) is 0 Å². The molecule has 1 aliphatic rings. The molecule has 6 nitrogen and oxygen atoms in total. The first-order valence-corrected chi connectivity index (χ1v) is 7.85. The predicted molar refractivity (Wildman–Crippen MR) is 87.9 cm³/mol. The Labute approximate surface area is 136 Å². The molecule has 0 unspecified atom stereocenters. The maximum absolute atomic E-state index is 12.1. The van der Waals surface area contributed by atoms with Crippen molar-refractivity contribution in [2.24, 2.45) is 0 Å². The van der Waals surface area contributed by atoms with Crippen LogP contribution < -0.4 is 5.32 Å². The highest BCUT2D eigenvalue weighted by Gasteiger charge is 2.22. The zero-order valence-corrected chi connectivity index (χ0v) is 13.7. The summed E-state index contributed by atoms with van der Waals surface area (Å²) >= 11 is 0. The number of anilines is 1. The van der Waals surface area contributed by atoms with Crippen LogP contribution in [-0.4, -0.2) is 53.7 Å². The molecule has 0 radical (unpaired) electrons. The SMILES string of the molecule is CC(=O)N1CCN(C(=O)CCC(=O)Nc2ccc(C)cc2)CC1. The van der Waals surface area contributed by atoms with Gasteiger partial charge in [0.25, 0.3) is 0 Å². The summed E-state index contributed by atoms with van der Waals surface area (Å²) in [5.74, 6) is -0.161. The Kier molecular flexibility index (Phi) is 5.73. The van der Waals surface area contributed by atoms with Gasteiger partial charge < -0.3 is 15.1 Å². The Hall–Kier alpha value is -2.37. The third-order valence-electron chi connectivity index (χ3n) is 3.98.